The molecule has 0 saturated heterocycles. The van der Waals surface area contributed by atoms with Crippen molar-refractivity contribution in [2.45, 2.75) is 19.9 Å². The summed E-state index contributed by atoms with van der Waals surface area (Å²) in [5, 5.41) is 3.39. The number of nitrogens with one attached hydrogen (secondary N) is 1. The van der Waals surface area contributed by atoms with Gasteiger partial charge in [0.2, 0.25) is 0 Å². The first kappa shape index (κ1) is 17.4. The minimum absolute atomic E-state index is 0.266. The number of thiophene rings is 1. The van der Waals surface area contributed by atoms with Crippen LogP contribution >= 0.6 is 11.3 Å². The molecule has 7 heteroatoms. The van der Waals surface area contributed by atoms with E-state index in [-0.39, 0.29) is 5.91 Å². The highest BCUT2D eigenvalue weighted by Crippen LogP contribution is 2.36. The molecule has 2 aromatic rings. The molecule has 6 nitrogen and oxygen atoms in total. The highest BCUT2D eigenvalue weighted by atomic mass is 32.1. The zero-order valence-electron chi connectivity index (χ0n) is 14.3. The number of hydrogen-bond donors (Lipinski definition) is 2. The fraction of sp³-hybridized carbons (Fsp3) is 0.333. The third-order valence-corrected chi connectivity index (χ3v) is 5.28. The van der Waals surface area contributed by atoms with Gasteiger partial charge in [-0.3, -0.25) is 9.59 Å². The van der Waals surface area contributed by atoms with Crippen LogP contribution in [0.25, 0.3) is 0 Å². The van der Waals surface area contributed by atoms with Gasteiger partial charge in [-0.25, -0.2) is 0 Å². The Balaban J connectivity index is 1.84. The summed E-state index contributed by atoms with van der Waals surface area (Å²) in [6, 6.07) is 6.90. The minimum atomic E-state index is -0.496. The molecule has 1 aliphatic rings. The van der Waals surface area contributed by atoms with Crippen LogP contribution in [0.5, 0.6) is 5.75 Å². The van der Waals surface area contributed by atoms with E-state index < -0.39 is 5.91 Å². The van der Waals surface area contributed by atoms with E-state index >= 15 is 0 Å². The monoisotopic (exact) mass is 359 g/mol. The lowest BCUT2D eigenvalue weighted by Gasteiger charge is -2.22. The van der Waals surface area contributed by atoms with Gasteiger partial charge in [-0.2, -0.15) is 0 Å². The van der Waals surface area contributed by atoms with E-state index in [0.717, 1.165) is 30.0 Å². The molecule has 0 aliphatic carbocycles. The zero-order chi connectivity index (χ0) is 18.0. The number of carbonyl (C=O) groups excluding carboxylic acids is 2. The van der Waals surface area contributed by atoms with Crippen molar-refractivity contribution in [1.82, 2.24) is 4.90 Å². The van der Waals surface area contributed by atoms with Crippen LogP contribution in [0.3, 0.4) is 0 Å². The van der Waals surface area contributed by atoms with Crippen molar-refractivity contribution in [1.29, 1.82) is 0 Å². The predicted molar refractivity (Wildman–Crippen MR) is 98.4 cm³/mol. The molecule has 2 amide bonds. The Labute approximate surface area is 150 Å². The maximum Gasteiger partial charge on any atom is 0.256 e. The summed E-state index contributed by atoms with van der Waals surface area (Å²) < 4.78 is 5.38. The summed E-state index contributed by atoms with van der Waals surface area (Å²) in [5.41, 5.74) is 7.50. The third-order valence-electron chi connectivity index (χ3n) is 4.15. The average Bonchev–Trinajstić information content (AvgIpc) is 2.92. The number of anilines is 1. The molecule has 25 heavy (non-hydrogen) atoms. The molecule has 1 aliphatic heterocycles. The fourth-order valence-electron chi connectivity index (χ4n) is 2.92. The van der Waals surface area contributed by atoms with Gasteiger partial charge in [-0.05, 0) is 50.2 Å². The van der Waals surface area contributed by atoms with Gasteiger partial charge in [0.1, 0.15) is 10.8 Å². The topological polar surface area (TPSA) is 84.7 Å². The normalized spacial score (nSPS) is 14.0. The van der Waals surface area contributed by atoms with Crippen molar-refractivity contribution in [3.63, 3.8) is 0 Å². The van der Waals surface area contributed by atoms with E-state index in [1.807, 2.05) is 14.0 Å². The molecule has 1 aromatic heterocycles. The van der Waals surface area contributed by atoms with Crippen LogP contribution in [0.1, 0.15) is 38.1 Å². The summed E-state index contributed by atoms with van der Waals surface area (Å²) in [6.45, 7) is 4.11. The summed E-state index contributed by atoms with van der Waals surface area (Å²) in [7, 11) is 2.03. The molecule has 3 rings (SSSR count). The van der Waals surface area contributed by atoms with Gasteiger partial charge < -0.3 is 20.7 Å². The van der Waals surface area contributed by atoms with E-state index in [4.69, 9.17) is 10.5 Å². The lowest BCUT2D eigenvalue weighted by atomic mass is 10.0. The van der Waals surface area contributed by atoms with Crippen molar-refractivity contribution in [2.75, 3.05) is 25.5 Å². The van der Waals surface area contributed by atoms with Crippen LogP contribution < -0.4 is 15.8 Å². The van der Waals surface area contributed by atoms with Gasteiger partial charge >= 0.3 is 0 Å². The Kier molecular flexibility index (Phi) is 5.06. The minimum Gasteiger partial charge on any atom is -0.494 e. The summed E-state index contributed by atoms with van der Waals surface area (Å²) in [6.07, 6.45) is 0.763. The number of carbonyl (C=O) groups is 2. The Morgan fingerprint density at radius 2 is 2.04 bits per heavy atom. The van der Waals surface area contributed by atoms with Crippen LogP contribution in [-0.2, 0) is 13.0 Å². The molecule has 0 spiro atoms. The SMILES string of the molecule is CCOc1ccc(C(=O)Nc2sc3c(c2C(N)=O)CCN(C)C3)cc1. The van der Waals surface area contributed by atoms with Crippen LogP contribution in [0.4, 0.5) is 5.00 Å². The quantitative estimate of drug-likeness (QED) is 0.859. The molecule has 0 saturated carbocycles. The third kappa shape index (κ3) is 3.67. The maximum absolute atomic E-state index is 12.5. The summed E-state index contributed by atoms with van der Waals surface area (Å²) >= 11 is 1.43. The molecule has 0 unspecified atom stereocenters. The number of rotatable bonds is 5. The van der Waals surface area contributed by atoms with E-state index in [2.05, 4.69) is 10.2 Å². The number of nitrogens with zero attached hydrogens (tertiary/aromatic N) is 1. The molecule has 0 bridgehead atoms. The maximum atomic E-state index is 12.5. The van der Waals surface area contributed by atoms with E-state index in [9.17, 15) is 9.59 Å². The number of amides is 2. The standard InChI is InChI=1S/C18H21N3O3S/c1-3-24-12-6-4-11(5-7-12)17(23)20-18-15(16(19)22)13-8-9-21(2)10-14(13)25-18/h4-7H,3,8-10H2,1-2H3,(H2,19,22)(H,20,23). The van der Waals surface area contributed by atoms with Gasteiger partial charge in [0, 0.05) is 23.5 Å². The van der Waals surface area contributed by atoms with Crippen molar-refractivity contribution in [2.24, 2.45) is 5.73 Å². The lowest BCUT2D eigenvalue weighted by molar-refractivity contribution is 0.1000. The second kappa shape index (κ2) is 7.25. The van der Waals surface area contributed by atoms with E-state index in [0.29, 0.717) is 28.5 Å². The van der Waals surface area contributed by atoms with Crippen molar-refractivity contribution < 1.29 is 14.3 Å². The number of fused-ring (bicyclic) bond motifs is 1. The number of nitrogens with two attached hydrogens (primary N) is 1. The first-order chi connectivity index (χ1) is 12.0. The fourth-order valence-corrected chi connectivity index (χ4v) is 4.25. The van der Waals surface area contributed by atoms with Gasteiger partial charge in [-0.1, -0.05) is 0 Å². The van der Waals surface area contributed by atoms with E-state index in [1.165, 1.54) is 11.3 Å². The Bertz CT molecular complexity index is 799. The first-order valence-electron chi connectivity index (χ1n) is 8.16. The van der Waals surface area contributed by atoms with Gasteiger partial charge in [0.05, 0.1) is 12.2 Å². The van der Waals surface area contributed by atoms with Gasteiger partial charge in [0.25, 0.3) is 11.8 Å². The molecule has 0 atom stereocenters. The number of hydrogen-bond acceptors (Lipinski definition) is 5. The lowest BCUT2D eigenvalue weighted by Crippen LogP contribution is -2.27. The molecule has 0 radical (unpaired) electrons. The number of likely N-dealkylation sites (N-methyl/N-ethyl adjacent to an activating group) is 1. The first-order valence-corrected chi connectivity index (χ1v) is 8.98. The summed E-state index contributed by atoms with van der Waals surface area (Å²) in [4.78, 5) is 27.7. The van der Waals surface area contributed by atoms with Gasteiger partial charge in [0.15, 0.2) is 0 Å². The molecule has 0 fully saturated rings. The highest BCUT2D eigenvalue weighted by molar-refractivity contribution is 7.17. The zero-order valence-corrected chi connectivity index (χ0v) is 15.1. The number of benzene rings is 1. The largest absolute Gasteiger partial charge is 0.494 e. The van der Waals surface area contributed by atoms with Crippen LogP contribution in [0.15, 0.2) is 24.3 Å². The van der Waals surface area contributed by atoms with Crippen molar-refractivity contribution >= 4 is 28.2 Å². The average molecular weight is 359 g/mol. The van der Waals surface area contributed by atoms with Gasteiger partial charge in [-0.15, -0.1) is 11.3 Å². The van der Waals surface area contributed by atoms with Crippen molar-refractivity contribution in [3.05, 3.63) is 45.8 Å². The van der Waals surface area contributed by atoms with Crippen LogP contribution in [0, 0.1) is 0 Å². The Hall–Kier alpha value is -2.38. The van der Waals surface area contributed by atoms with Crippen LogP contribution in [-0.4, -0.2) is 36.9 Å². The number of ether oxygens (including phenoxy) is 1. The smallest absolute Gasteiger partial charge is 0.256 e. The Morgan fingerprint density at radius 1 is 1.32 bits per heavy atom. The molecule has 2 heterocycles. The predicted octanol–water partition coefficient (Wildman–Crippen LogP) is 2.49. The molecular weight excluding hydrogens is 338 g/mol. The highest BCUT2D eigenvalue weighted by Gasteiger charge is 2.26. The van der Waals surface area contributed by atoms with E-state index in [1.54, 1.807) is 24.3 Å². The molecular formula is C18H21N3O3S. The van der Waals surface area contributed by atoms with Crippen molar-refractivity contribution in [3.8, 4) is 5.75 Å². The Morgan fingerprint density at radius 3 is 2.68 bits per heavy atom. The van der Waals surface area contributed by atoms with Crippen LogP contribution in [0.2, 0.25) is 0 Å². The molecule has 132 valence electrons. The second-order valence-electron chi connectivity index (χ2n) is 5.97. The second-order valence-corrected chi connectivity index (χ2v) is 7.08. The molecule has 3 N–H and O–H groups in total. The summed E-state index contributed by atoms with van der Waals surface area (Å²) in [5.74, 6) is -0.0481. The number of primary amides is 1. The molecule has 1 aromatic carbocycles.